The van der Waals surface area contributed by atoms with Gasteiger partial charge in [-0.25, -0.2) is 4.39 Å². The average molecular weight is 222 g/mol. The van der Waals surface area contributed by atoms with Crippen LogP contribution in [0.15, 0.2) is 24.3 Å². The molecule has 3 nitrogen and oxygen atoms in total. The molecule has 1 aromatic rings. The molecule has 1 fully saturated rings. The highest BCUT2D eigenvalue weighted by atomic mass is 19.1. The Hall–Kier alpha value is -1.42. The SMILES string of the molecule is NC1CC1C(=O)NCCc1ccc(F)cc1. The van der Waals surface area contributed by atoms with E-state index in [4.69, 9.17) is 5.73 Å². The van der Waals surface area contributed by atoms with Crippen LogP contribution in [0.2, 0.25) is 0 Å². The van der Waals surface area contributed by atoms with Crippen molar-refractivity contribution in [1.82, 2.24) is 5.32 Å². The van der Waals surface area contributed by atoms with Gasteiger partial charge in [-0.15, -0.1) is 0 Å². The maximum absolute atomic E-state index is 12.6. The maximum Gasteiger partial charge on any atom is 0.224 e. The highest BCUT2D eigenvalue weighted by Gasteiger charge is 2.39. The van der Waals surface area contributed by atoms with E-state index in [-0.39, 0.29) is 23.7 Å². The van der Waals surface area contributed by atoms with Gasteiger partial charge in [0.1, 0.15) is 5.82 Å². The molecule has 2 rings (SSSR count). The van der Waals surface area contributed by atoms with Crippen molar-refractivity contribution >= 4 is 5.91 Å². The van der Waals surface area contributed by atoms with Gasteiger partial charge in [-0.2, -0.15) is 0 Å². The Bertz CT molecular complexity index is 377. The van der Waals surface area contributed by atoms with Gasteiger partial charge in [-0.1, -0.05) is 12.1 Å². The van der Waals surface area contributed by atoms with Crippen LogP contribution < -0.4 is 11.1 Å². The van der Waals surface area contributed by atoms with Crippen molar-refractivity contribution in [2.24, 2.45) is 11.7 Å². The summed E-state index contributed by atoms with van der Waals surface area (Å²) in [7, 11) is 0. The molecular formula is C12H15FN2O. The number of halogens is 1. The van der Waals surface area contributed by atoms with Crippen molar-refractivity contribution in [1.29, 1.82) is 0 Å². The first-order valence-corrected chi connectivity index (χ1v) is 5.44. The van der Waals surface area contributed by atoms with Crippen LogP contribution in [-0.4, -0.2) is 18.5 Å². The molecule has 4 heteroatoms. The zero-order valence-electron chi connectivity index (χ0n) is 8.95. The Morgan fingerprint density at radius 1 is 1.44 bits per heavy atom. The summed E-state index contributed by atoms with van der Waals surface area (Å²) >= 11 is 0. The molecule has 1 aliphatic rings. The van der Waals surface area contributed by atoms with Gasteiger partial charge >= 0.3 is 0 Å². The summed E-state index contributed by atoms with van der Waals surface area (Å²) in [4.78, 5) is 11.4. The number of rotatable bonds is 4. The molecule has 16 heavy (non-hydrogen) atoms. The topological polar surface area (TPSA) is 55.1 Å². The van der Waals surface area contributed by atoms with Crippen molar-refractivity contribution in [3.8, 4) is 0 Å². The fourth-order valence-electron chi connectivity index (χ4n) is 1.63. The van der Waals surface area contributed by atoms with Crippen LogP contribution in [0.25, 0.3) is 0 Å². The van der Waals surface area contributed by atoms with Crippen LogP contribution in [-0.2, 0) is 11.2 Å². The molecule has 0 bridgehead atoms. The summed E-state index contributed by atoms with van der Waals surface area (Å²) in [6.45, 7) is 0.577. The van der Waals surface area contributed by atoms with E-state index in [9.17, 15) is 9.18 Å². The first-order valence-electron chi connectivity index (χ1n) is 5.44. The fourth-order valence-corrected chi connectivity index (χ4v) is 1.63. The van der Waals surface area contributed by atoms with Crippen molar-refractivity contribution < 1.29 is 9.18 Å². The van der Waals surface area contributed by atoms with Crippen LogP contribution in [0, 0.1) is 11.7 Å². The Kier molecular flexibility index (Phi) is 3.19. The van der Waals surface area contributed by atoms with E-state index in [2.05, 4.69) is 5.32 Å². The Morgan fingerprint density at radius 2 is 2.06 bits per heavy atom. The number of benzene rings is 1. The molecule has 0 aromatic heterocycles. The summed E-state index contributed by atoms with van der Waals surface area (Å²) in [5, 5.41) is 2.83. The van der Waals surface area contributed by atoms with Gasteiger partial charge in [0, 0.05) is 12.6 Å². The van der Waals surface area contributed by atoms with Gasteiger partial charge in [0.25, 0.3) is 0 Å². The predicted molar refractivity (Wildman–Crippen MR) is 59.2 cm³/mol. The standard InChI is InChI=1S/C12H15FN2O/c13-9-3-1-8(2-4-9)5-6-15-12(16)10-7-11(10)14/h1-4,10-11H,5-7,14H2,(H,15,16). The molecule has 0 spiro atoms. The molecule has 86 valence electrons. The molecule has 0 radical (unpaired) electrons. The van der Waals surface area contributed by atoms with Crippen LogP contribution in [0.1, 0.15) is 12.0 Å². The molecule has 0 aliphatic heterocycles. The zero-order chi connectivity index (χ0) is 11.5. The van der Waals surface area contributed by atoms with Crippen molar-refractivity contribution in [3.63, 3.8) is 0 Å². The van der Waals surface area contributed by atoms with Crippen LogP contribution in [0.5, 0.6) is 0 Å². The predicted octanol–water partition coefficient (Wildman–Crippen LogP) is 0.832. The maximum atomic E-state index is 12.6. The van der Waals surface area contributed by atoms with E-state index in [1.807, 2.05) is 0 Å². The Labute approximate surface area is 93.8 Å². The molecule has 2 unspecified atom stereocenters. The highest BCUT2D eigenvalue weighted by molar-refractivity contribution is 5.82. The van der Waals surface area contributed by atoms with Gasteiger partial charge in [0.05, 0.1) is 5.92 Å². The van der Waals surface area contributed by atoms with Crippen molar-refractivity contribution in [2.75, 3.05) is 6.54 Å². The number of hydrogen-bond donors (Lipinski definition) is 2. The van der Waals surface area contributed by atoms with Gasteiger partial charge < -0.3 is 11.1 Å². The third kappa shape index (κ3) is 2.79. The Morgan fingerprint density at radius 3 is 2.62 bits per heavy atom. The third-order valence-electron chi connectivity index (χ3n) is 2.80. The lowest BCUT2D eigenvalue weighted by molar-refractivity contribution is -0.122. The van der Waals surface area contributed by atoms with E-state index < -0.39 is 0 Å². The molecule has 0 heterocycles. The molecule has 1 aromatic carbocycles. The second-order valence-electron chi connectivity index (χ2n) is 4.17. The van der Waals surface area contributed by atoms with Crippen molar-refractivity contribution in [2.45, 2.75) is 18.9 Å². The lowest BCUT2D eigenvalue weighted by Crippen LogP contribution is -2.29. The minimum atomic E-state index is -0.239. The van der Waals surface area contributed by atoms with E-state index in [0.717, 1.165) is 12.0 Å². The number of hydrogen-bond acceptors (Lipinski definition) is 2. The number of amides is 1. The van der Waals surface area contributed by atoms with Gasteiger partial charge in [0.2, 0.25) is 5.91 Å². The lowest BCUT2D eigenvalue weighted by atomic mass is 10.1. The minimum absolute atomic E-state index is 0.00761. The second kappa shape index (κ2) is 4.61. The van der Waals surface area contributed by atoms with Crippen LogP contribution in [0.3, 0.4) is 0 Å². The molecule has 0 saturated heterocycles. The molecular weight excluding hydrogens is 207 g/mol. The summed E-state index contributed by atoms with van der Waals surface area (Å²) in [5.74, 6) is -0.195. The molecule has 3 N–H and O–H groups in total. The average Bonchev–Trinajstić information content (AvgIpc) is 2.98. The van der Waals surface area contributed by atoms with E-state index in [1.165, 1.54) is 12.1 Å². The first-order chi connectivity index (χ1) is 7.66. The van der Waals surface area contributed by atoms with E-state index >= 15 is 0 Å². The summed E-state index contributed by atoms with van der Waals surface area (Å²) < 4.78 is 12.6. The van der Waals surface area contributed by atoms with Crippen molar-refractivity contribution in [3.05, 3.63) is 35.6 Å². The first kappa shape index (κ1) is 11.1. The second-order valence-corrected chi connectivity index (χ2v) is 4.17. The number of nitrogens with one attached hydrogen (secondary N) is 1. The minimum Gasteiger partial charge on any atom is -0.355 e. The smallest absolute Gasteiger partial charge is 0.224 e. The highest BCUT2D eigenvalue weighted by Crippen LogP contribution is 2.27. The van der Waals surface area contributed by atoms with E-state index in [1.54, 1.807) is 12.1 Å². The normalized spacial score (nSPS) is 22.9. The lowest BCUT2D eigenvalue weighted by Gasteiger charge is -2.04. The summed E-state index contributed by atoms with van der Waals surface area (Å²) in [5.41, 5.74) is 6.58. The van der Waals surface area contributed by atoms with Crippen LogP contribution in [0.4, 0.5) is 4.39 Å². The van der Waals surface area contributed by atoms with Gasteiger partial charge in [0.15, 0.2) is 0 Å². The zero-order valence-corrected chi connectivity index (χ0v) is 8.95. The third-order valence-corrected chi connectivity index (χ3v) is 2.80. The van der Waals surface area contributed by atoms with Gasteiger partial charge in [-0.05, 0) is 30.5 Å². The number of nitrogens with two attached hydrogens (primary N) is 1. The fraction of sp³-hybridized carbons (Fsp3) is 0.417. The van der Waals surface area contributed by atoms with Gasteiger partial charge in [-0.3, -0.25) is 4.79 Å². The quantitative estimate of drug-likeness (QED) is 0.793. The van der Waals surface area contributed by atoms with Crippen LogP contribution >= 0.6 is 0 Å². The number of carbonyl (C=O) groups is 1. The largest absolute Gasteiger partial charge is 0.355 e. The molecule has 2 atom stereocenters. The number of carbonyl (C=O) groups excluding carboxylic acids is 1. The molecule has 1 aliphatic carbocycles. The summed E-state index contributed by atoms with van der Waals surface area (Å²) in [6.07, 6.45) is 1.51. The molecule has 1 amide bonds. The monoisotopic (exact) mass is 222 g/mol. The Balaban J connectivity index is 1.71. The molecule has 1 saturated carbocycles. The van der Waals surface area contributed by atoms with E-state index in [0.29, 0.717) is 13.0 Å². The summed E-state index contributed by atoms with van der Waals surface area (Å²) in [6, 6.07) is 6.35.